The van der Waals surface area contributed by atoms with Crippen molar-refractivity contribution in [3.63, 3.8) is 0 Å². The minimum atomic E-state index is -0.293. The Morgan fingerprint density at radius 3 is 3.00 bits per heavy atom. The Morgan fingerprint density at radius 2 is 2.35 bits per heavy atom. The molecule has 0 radical (unpaired) electrons. The number of rotatable bonds is 6. The van der Waals surface area contributed by atoms with Crippen molar-refractivity contribution in [3.05, 3.63) is 29.6 Å². The molecular formula is C16H24FNO2. The van der Waals surface area contributed by atoms with Gasteiger partial charge in [-0.1, -0.05) is 13.0 Å². The van der Waals surface area contributed by atoms with E-state index < -0.39 is 0 Å². The maximum absolute atomic E-state index is 14.1. The van der Waals surface area contributed by atoms with Gasteiger partial charge in [-0.25, -0.2) is 4.39 Å². The molecular weight excluding hydrogens is 257 g/mol. The second kappa shape index (κ2) is 7.60. The van der Waals surface area contributed by atoms with E-state index >= 15 is 0 Å². The summed E-state index contributed by atoms with van der Waals surface area (Å²) in [6.45, 7) is 6.42. The number of ether oxygens (including phenoxy) is 2. The van der Waals surface area contributed by atoms with Gasteiger partial charge in [-0.3, -0.25) is 0 Å². The molecule has 1 heterocycles. The highest BCUT2D eigenvalue weighted by Crippen LogP contribution is 2.24. The summed E-state index contributed by atoms with van der Waals surface area (Å²) in [5.41, 5.74) is 0.947. The Labute approximate surface area is 120 Å². The number of hydrogen-bond acceptors (Lipinski definition) is 3. The lowest BCUT2D eigenvalue weighted by molar-refractivity contribution is 0.00586. The molecule has 0 bridgehead atoms. The fourth-order valence-corrected chi connectivity index (χ4v) is 2.34. The van der Waals surface area contributed by atoms with E-state index in [1.54, 1.807) is 12.1 Å². The van der Waals surface area contributed by atoms with Gasteiger partial charge in [-0.2, -0.15) is 0 Å². The second-order valence-corrected chi connectivity index (χ2v) is 5.32. The fraction of sp³-hybridized carbons (Fsp3) is 0.625. The van der Waals surface area contributed by atoms with Crippen LogP contribution in [0.25, 0.3) is 0 Å². The van der Waals surface area contributed by atoms with Gasteiger partial charge < -0.3 is 14.8 Å². The minimum absolute atomic E-state index is 0.0280. The van der Waals surface area contributed by atoms with E-state index in [1.165, 1.54) is 0 Å². The second-order valence-electron chi connectivity index (χ2n) is 5.32. The summed E-state index contributed by atoms with van der Waals surface area (Å²) in [6, 6.07) is 5.36. The third-order valence-corrected chi connectivity index (χ3v) is 3.57. The molecule has 2 unspecified atom stereocenters. The molecule has 1 aliphatic rings. The Morgan fingerprint density at radius 1 is 1.50 bits per heavy atom. The van der Waals surface area contributed by atoms with Crippen LogP contribution in [0.15, 0.2) is 18.2 Å². The predicted octanol–water partition coefficient (Wildman–Crippen LogP) is 3.44. The van der Waals surface area contributed by atoms with Gasteiger partial charge in [0.25, 0.3) is 0 Å². The molecule has 112 valence electrons. The van der Waals surface area contributed by atoms with Crippen LogP contribution in [0, 0.1) is 5.82 Å². The number of hydrogen-bond donors (Lipinski definition) is 1. The maximum Gasteiger partial charge on any atom is 0.165 e. The lowest BCUT2D eigenvalue weighted by atomic mass is 10.1. The summed E-state index contributed by atoms with van der Waals surface area (Å²) >= 11 is 0. The molecule has 4 heteroatoms. The van der Waals surface area contributed by atoms with E-state index in [2.05, 4.69) is 12.2 Å². The third kappa shape index (κ3) is 4.18. The summed E-state index contributed by atoms with van der Waals surface area (Å²) in [5.74, 6) is 0.0326. The van der Waals surface area contributed by atoms with Crippen molar-refractivity contribution in [2.24, 2.45) is 0 Å². The van der Waals surface area contributed by atoms with Crippen molar-refractivity contribution in [3.8, 4) is 5.75 Å². The molecule has 1 aromatic carbocycles. The Kier molecular flexibility index (Phi) is 5.80. The molecule has 1 fully saturated rings. The van der Waals surface area contributed by atoms with Crippen molar-refractivity contribution in [1.82, 2.24) is 5.32 Å². The van der Waals surface area contributed by atoms with Crippen LogP contribution in [0.5, 0.6) is 5.75 Å². The van der Waals surface area contributed by atoms with Gasteiger partial charge in [0.05, 0.1) is 6.61 Å². The molecule has 0 amide bonds. The van der Waals surface area contributed by atoms with Gasteiger partial charge in [0, 0.05) is 12.6 Å². The lowest BCUT2D eigenvalue weighted by Gasteiger charge is -2.24. The first-order valence-electron chi connectivity index (χ1n) is 7.48. The smallest absolute Gasteiger partial charge is 0.165 e. The summed E-state index contributed by atoms with van der Waals surface area (Å²) in [6.07, 6.45) is 2.94. The standard InChI is InChI=1S/C16H24FNO2/c1-3-8-18-12(2)13-6-7-16(15(17)10-13)20-14-5-4-9-19-11-14/h6-7,10,12,14,18H,3-5,8-9,11H2,1-2H3. The van der Waals surface area contributed by atoms with Gasteiger partial charge in [-0.15, -0.1) is 0 Å². The molecule has 2 rings (SSSR count). The molecule has 1 N–H and O–H groups in total. The molecule has 1 aromatic rings. The van der Waals surface area contributed by atoms with Crippen molar-refractivity contribution < 1.29 is 13.9 Å². The maximum atomic E-state index is 14.1. The molecule has 0 aromatic heterocycles. The van der Waals surface area contributed by atoms with Crippen molar-refractivity contribution in [2.45, 2.75) is 45.3 Å². The normalized spacial score (nSPS) is 20.6. The predicted molar refractivity (Wildman–Crippen MR) is 77.6 cm³/mol. The molecule has 0 saturated carbocycles. The molecule has 0 aliphatic carbocycles. The molecule has 1 saturated heterocycles. The largest absolute Gasteiger partial charge is 0.485 e. The Hall–Kier alpha value is -1.13. The summed E-state index contributed by atoms with van der Waals surface area (Å²) in [4.78, 5) is 0. The van der Waals surface area contributed by atoms with E-state index in [0.29, 0.717) is 12.4 Å². The molecule has 3 nitrogen and oxygen atoms in total. The van der Waals surface area contributed by atoms with Gasteiger partial charge >= 0.3 is 0 Å². The summed E-state index contributed by atoms with van der Waals surface area (Å²) in [5, 5.41) is 3.35. The Balaban J connectivity index is 1.97. The average molecular weight is 281 g/mol. The first-order valence-corrected chi connectivity index (χ1v) is 7.48. The first kappa shape index (κ1) is 15.3. The number of nitrogens with one attached hydrogen (secondary N) is 1. The van der Waals surface area contributed by atoms with Gasteiger partial charge in [0.2, 0.25) is 0 Å². The molecule has 0 spiro atoms. The zero-order chi connectivity index (χ0) is 14.4. The SMILES string of the molecule is CCCNC(C)c1ccc(OC2CCCOC2)c(F)c1. The molecule has 20 heavy (non-hydrogen) atoms. The van der Waals surface area contributed by atoms with Gasteiger partial charge in [0.15, 0.2) is 11.6 Å². The van der Waals surface area contributed by atoms with E-state index in [0.717, 1.165) is 38.0 Å². The highest BCUT2D eigenvalue weighted by Gasteiger charge is 2.17. The number of halogens is 1. The third-order valence-electron chi connectivity index (χ3n) is 3.57. The van der Waals surface area contributed by atoms with E-state index in [-0.39, 0.29) is 18.0 Å². The van der Waals surface area contributed by atoms with Crippen LogP contribution in [0.3, 0.4) is 0 Å². The van der Waals surface area contributed by atoms with Crippen molar-refractivity contribution in [1.29, 1.82) is 0 Å². The van der Waals surface area contributed by atoms with Gasteiger partial charge in [0.1, 0.15) is 6.10 Å². The van der Waals surface area contributed by atoms with Gasteiger partial charge in [-0.05, 0) is 50.4 Å². The van der Waals surface area contributed by atoms with Crippen molar-refractivity contribution >= 4 is 0 Å². The zero-order valence-electron chi connectivity index (χ0n) is 12.3. The van der Waals surface area contributed by atoms with E-state index in [9.17, 15) is 4.39 Å². The highest BCUT2D eigenvalue weighted by molar-refractivity contribution is 5.31. The number of benzene rings is 1. The monoisotopic (exact) mass is 281 g/mol. The van der Waals surface area contributed by atoms with E-state index in [1.807, 2.05) is 13.0 Å². The molecule has 1 aliphatic heterocycles. The van der Waals surface area contributed by atoms with Crippen molar-refractivity contribution in [2.75, 3.05) is 19.8 Å². The van der Waals surface area contributed by atoms with Crippen LogP contribution in [-0.2, 0) is 4.74 Å². The minimum Gasteiger partial charge on any atom is -0.485 e. The average Bonchev–Trinajstić information content (AvgIpc) is 2.48. The fourth-order valence-electron chi connectivity index (χ4n) is 2.34. The molecule has 2 atom stereocenters. The topological polar surface area (TPSA) is 30.5 Å². The van der Waals surface area contributed by atoms with Crippen LogP contribution < -0.4 is 10.1 Å². The van der Waals surface area contributed by atoms with Crippen LogP contribution in [-0.4, -0.2) is 25.9 Å². The van der Waals surface area contributed by atoms with E-state index in [4.69, 9.17) is 9.47 Å². The highest BCUT2D eigenvalue weighted by atomic mass is 19.1. The zero-order valence-corrected chi connectivity index (χ0v) is 12.3. The van der Waals surface area contributed by atoms with Crippen LogP contribution in [0.4, 0.5) is 4.39 Å². The van der Waals surface area contributed by atoms with Crippen LogP contribution >= 0.6 is 0 Å². The quantitative estimate of drug-likeness (QED) is 0.866. The summed E-state index contributed by atoms with van der Waals surface area (Å²) < 4.78 is 25.1. The Bertz CT molecular complexity index is 419. The summed E-state index contributed by atoms with van der Waals surface area (Å²) in [7, 11) is 0. The first-order chi connectivity index (χ1) is 9.70. The lowest BCUT2D eigenvalue weighted by Crippen LogP contribution is -2.28. The van der Waals surface area contributed by atoms with Crippen LogP contribution in [0.1, 0.15) is 44.7 Å². The van der Waals surface area contributed by atoms with Crippen LogP contribution in [0.2, 0.25) is 0 Å².